The SMILES string of the molecule is CN(C)CC(=O)N(C)c1cccc(C[C@H](NC(=O)OC(C)(C)C)C(=O)Nc2ccc3[nH]c(C(=O)OC(C)(C)C)cc3c2)c1. The monoisotopic (exact) mass is 593 g/mol. The summed E-state index contributed by atoms with van der Waals surface area (Å²) in [6.45, 7) is 10.8. The Balaban J connectivity index is 1.83. The minimum atomic E-state index is -0.993. The van der Waals surface area contributed by atoms with Crippen LogP contribution in [0.2, 0.25) is 0 Å². The Morgan fingerprint density at radius 2 is 1.56 bits per heavy atom. The quantitative estimate of drug-likeness (QED) is 0.306. The highest BCUT2D eigenvalue weighted by Gasteiger charge is 2.26. The Morgan fingerprint density at radius 1 is 0.884 bits per heavy atom. The van der Waals surface area contributed by atoms with E-state index in [1.807, 2.05) is 32.3 Å². The van der Waals surface area contributed by atoms with Crippen molar-refractivity contribution in [1.82, 2.24) is 15.2 Å². The fourth-order valence-corrected chi connectivity index (χ4v) is 4.19. The van der Waals surface area contributed by atoms with Crippen molar-refractivity contribution in [2.75, 3.05) is 37.9 Å². The van der Waals surface area contributed by atoms with E-state index in [0.717, 1.165) is 5.56 Å². The van der Waals surface area contributed by atoms with Gasteiger partial charge in [-0.3, -0.25) is 9.59 Å². The molecule has 43 heavy (non-hydrogen) atoms. The molecule has 0 spiro atoms. The van der Waals surface area contributed by atoms with Crippen LogP contribution in [0.1, 0.15) is 57.6 Å². The van der Waals surface area contributed by atoms with Crippen molar-refractivity contribution in [3.8, 4) is 0 Å². The second kappa shape index (κ2) is 13.3. The van der Waals surface area contributed by atoms with E-state index in [9.17, 15) is 19.2 Å². The van der Waals surface area contributed by atoms with Gasteiger partial charge in [-0.25, -0.2) is 9.59 Å². The van der Waals surface area contributed by atoms with Crippen molar-refractivity contribution in [2.45, 2.75) is 65.2 Å². The number of amides is 3. The number of rotatable bonds is 9. The Morgan fingerprint density at radius 3 is 2.19 bits per heavy atom. The summed E-state index contributed by atoms with van der Waals surface area (Å²) in [4.78, 5) is 57.7. The van der Waals surface area contributed by atoms with E-state index < -0.39 is 35.2 Å². The highest BCUT2D eigenvalue weighted by atomic mass is 16.6. The zero-order chi connectivity index (χ0) is 32.1. The summed E-state index contributed by atoms with van der Waals surface area (Å²) in [7, 11) is 5.34. The van der Waals surface area contributed by atoms with Gasteiger partial charge in [0.25, 0.3) is 0 Å². The molecule has 0 bridgehead atoms. The first-order valence-electron chi connectivity index (χ1n) is 14.1. The maximum atomic E-state index is 13.5. The highest BCUT2D eigenvalue weighted by Crippen LogP contribution is 2.23. The maximum Gasteiger partial charge on any atom is 0.408 e. The van der Waals surface area contributed by atoms with Gasteiger partial charge in [0, 0.05) is 35.7 Å². The molecule has 11 heteroatoms. The van der Waals surface area contributed by atoms with Crippen LogP contribution in [0.25, 0.3) is 10.9 Å². The van der Waals surface area contributed by atoms with E-state index in [1.54, 1.807) is 88.7 Å². The fourth-order valence-electron chi connectivity index (χ4n) is 4.19. The van der Waals surface area contributed by atoms with Gasteiger partial charge in [0.15, 0.2) is 0 Å². The molecule has 0 saturated heterocycles. The minimum absolute atomic E-state index is 0.0849. The first-order chi connectivity index (χ1) is 19.9. The number of carbonyl (C=O) groups is 4. The van der Waals surface area contributed by atoms with Gasteiger partial charge in [0.1, 0.15) is 22.9 Å². The smallest absolute Gasteiger partial charge is 0.408 e. The predicted molar refractivity (Wildman–Crippen MR) is 167 cm³/mol. The maximum absolute atomic E-state index is 13.5. The number of benzene rings is 2. The number of carbonyl (C=O) groups excluding carboxylic acids is 4. The molecule has 232 valence electrons. The van der Waals surface area contributed by atoms with E-state index in [2.05, 4.69) is 15.6 Å². The third kappa shape index (κ3) is 10.1. The molecule has 1 atom stereocenters. The summed E-state index contributed by atoms with van der Waals surface area (Å²) in [5, 5.41) is 6.26. The normalized spacial score (nSPS) is 12.5. The molecule has 0 fully saturated rings. The van der Waals surface area contributed by atoms with Gasteiger partial charge < -0.3 is 34.9 Å². The average molecular weight is 594 g/mol. The molecule has 0 aliphatic rings. The number of nitrogens with one attached hydrogen (secondary N) is 3. The molecule has 0 aliphatic carbocycles. The summed E-state index contributed by atoms with van der Waals surface area (Å²) < 4.78 is 10.9. The van der Waals surface area contributed by atoms with Crippen LogP contribution in [-0.4, -0.2) is 78.7 Å². The largest absolute Gasteiger partial charge is 0.455 e. The molecule has 11 nitrogen and oxygen atoms in total. The second-order valence-electron chi connectivity index (χ2n) is 12.7. The first-order valence-corrected chi connectivity index (χ1v) is 14.1. The van der Waals surface area contributed by atoms with Crippen molar-refractivity contribution in [3.05, 3.63) is 59.8 Å². The zero-order valence-electron chi connectivity index (χ0n) is 26.5. The number of hydrogen-bond donors (Lipinski definition) is 3. The molecule has 0 radical (unpaired) electrons. The zero-order valence-corrected chi connectivity index (χ0v) is 26.5. The molecule has 2 aromatic carbocycles. The van der Waals surface area contributed by atoms with Crippen LogP contribution < -0.4 is 15.5 Å². The van der Waals surface area contributed by atoms with Gasteiger partial charge in [-0.2, -0.15) is 0 Å². The third-order valence-corrected chi connectivity index (χ3v) is 6.08. The van der Waals surface area contributed by atoms with Gasteiger partial charge in [-0.05, 0) is 97.6 Å². The number of aromatic amines is 1. The predicted octanol–water partition coefficient (Wildman–Crippen LogP) is 4.72. The van der Waals surface area contributed by atoms with E-state index in [0.29, 0.717) is 28.0 Å². The van der Waals surface area contributed by atoms with Crippen molar-refractivity contribution < 1.29 is 28.7 Å². The van der Waals surface area contributed by atoms with Crippen molar-refractivity contribution in [3.63, 3.8) is 0 Å². The van der Waals surface area contributed by atoms with Crippen LogP contribution in [0.15, 0.2) is 48.5 Å². The van der Waals surface area contributed by atoms with Gasteiger partial charge in [0.2, 0.25) is 11.8 Å². The highest BCUT2D eigenvalue weighted by molar-refractivity contribution is 6.00. The standard InChI is InChI=1S/C32H43N5O6/c1-31(2,3)42-29(40)26-18-21-17-22(13-14-24(21)34-26)33-28(39)25(35-30(41)43-32(4,5)6)16-20-11-10-12-23(15-20)37(9)27(38)19-36(7)8/h10-15,17-18,25,34H,16,19H2,1-9H3,(H,33,39)(H,35,41)/t25-/m0/s1. The molecule has 3 rings (SSSR count). The summed E-state index contributed by atoms with van der Waals surface area (Å²) in [6.07, 6.45) is -0.589. The molecular weight excluding hydrogens is 550 g/mol. The van der Waals surface area contributed by atoms with Gasteiger partial charge in [-0.15, -0.1) is 0 Å². The third-order valence-electron chi connectivity index (χ3n) is 6.08. The van der Waals surface area contributed by atoms with Gasteiger partial charge in [-0.1, -0.05) is 12.1 Å². The molecule has 0 aliphatic heterocycles. The molecule has 3 N–H and O–H groups in total. The minimum Gasteiger partial charge on any atom is -0.455 e. The number of hydrogen-bond acceptors (Lipinski definition) is 7. The lowest BCUT2D eigenvalue weighted by molar-refractivity contribution is -0.119. The van der Waals surface area contributed by atoms with Crippen LogP contribution in [0.3, 0.4) is 0 Å². The number of ether oxygens (including phenoxy) is 2. The number of fused-ring (bicyclic) bond motifs is 1. The number of esters is 1. The molecule has 0 unspecified atom stereocenters. The molecule has 1 aromatic heterocycles. The van der Waals surface area contributed by atoms with E-state index in [-0.39, 0.29) is 18.9 Å². The lowest BCUT2D eigenvalue weighted by Gasteiger charge is -2.24. The number of nitrogens with zero attached hydrogens (tertiary/aromatic N) is 2. The Bertz CT molecular complexity index is 1480. The number of alkyl carbamates (subject to hydrolysis) is 1. The number of H-pyrrole nitrogens is 1. The van der Waals surface area contributed by atoms with Gasteiger partial charge in [0.05, 0.1) is 6.54 Å². The molecule has 0 saturated carbocycles. The average Bonchev–Trinajstić information content (AvgIpc) is 3.29. The molecule has 3 aromatic rings. The van der Waals surface area contributed by atoms with Crippen molar-refractivity contribution in [1.29, 1.82) is 0 Å². The molecule has 3 amide bonds. The van der Waals surface area contributed by atoms with E-state index >= 15 is 0 Å². The van der Waals surface area contributed by atoms with Crippen molar-refractivity contribution in [2.24, 2.45) is 0 Å². The van der Waals surface area contributed by atoms with Crippen LogP contribution >= 0.6 is 0 Å². The second-order valence-corrected chi connectivity index (χ2v) is 12.7. The summed E-state index contributed by atoms with van der Waals surface area (Å²) in [5.41, 5.74) is 1.48. The Labute approximate surface area is 252 Å². The van der Waals surface area contributed by atoms with Crippen LogP contribution in [0.5, 0.6) is 0 Å². The number of likely N-dealkylation sites (N-methyl/N-ethyl adjacent to an activating group) is 2. The summed E-state index contributed by atoms with van der Waals surface area (Å²) in [6, 6.07) is 13.1. The lowest BCUT2D eigenvalue weighted by atomic mass is 10.0. The van der Waals surface area contributed by atoms with E-state index in [4.69, 9.17) is 9.47 Å². The van der Waals surface area contributed by atoms with Crippen LogP contribution in [0.4, 0.5) is 16.2 Å². The van der Waals surface area contributed by atoms with Crippen molar-refractivity contribution >= 4 is 46.2 Å². The first kappa shape index (κ1) is 33.1. The summed E-state index contributed by atoms with van der Waals surface area (Å²) >= 11 is 0. The van der Waals surface area contributed by atoms with Gasteiger partial charge >= 0.3 is 12.1 Å². The Kier molecular flexibility index (Phi) is 10.2. The van der Waals surface area contributed by atoms with Crippen LogP contribution in [0, 0.1) is 0 Å². The number of aromatic nitrogens is 1. The van der Waals surface area contributed by atoms with E-state index in [1.165, 1.54) is 0 Å². The number of anilines is 2. The Hall–Kier alpha value is -4.38. The summed E-state index contributed by atoms with van der Waals surface area (Å²) in [5.74, 6) is -1.03. The topological polar surface area (TPSA) is 133 Å². The van der Waals surface area contributed by atoms with Crippen LogP contribution in [-0.2, 0) is 25.5 Å². The lowest BCUT2D eigenvalue weighted by Crippen LogP contribution is -2.47. The molecular formula is C32H43N5O6. The molecule has 1 heterocycles. The fraction of sp³-hybridized carbons (Fsp3) is 0.438.